The summed E-state index contributed by atoms with van der Waals surface area (Å²) in [5.41, 5.74) is 1.54. The van der Waals surface area contributed by atoms with E-state index in [0.717, 1.165) is 12.8 Å². The summed E-state index contributed by atoms with van der Waals surface area (Å²) in [7, 11) is 6.01. The molecule has 5 atom stereocenters. The third kappa shape index (κ3) is 8.77. The van der Waals surface area contributed by atoms with Crippen molar-refractivity contribution < 1.29 is 33.5 Å². The zero-order valence-electron chi connectivity index (χ0n) is 18.6. The van der Waals surface area contributed by atoms with Crippen LogP contribution >= 0.6 is 0 Å². The highest BCUT2D eigenvalue weighted by Gasteiger charge is 2.33. The monoisotopic (exact) mass is 466 g/mol. The van der Waals surface area contributed by atoms with Crippen molar-refractivity contribution in [3.8, 4) is 0 Å². The van der Waals surface area contributed by atoms with E-state index in [1.54, 1.807) is 0 Å². The molecule has 2 unspecified atom stereocenters. The maximum absolute atomic E-state index is 12.8. The zero-order valence-corrected chi connectivity index (χ0v) is 18.6. The van der Waals surface area contributed by atoms with Crippen LogP contribution in [0.1, 0.15) is 38.5 Å². The Morgan fingerprint density at radius 1 is 1.18 bits per heavy atom. The van der Waals surface area contributed by atoms with E-state index < -0.39 is 48.1 Å². The number of amides is 4. The van der Waals surface area contributed by atoms with Crippen molar-refractivity contribution >= 4 is 31.5 Å². The summed E-state index contributed by atoms with van der Waals surface area (Å²) in [6.07, 6.45) is 6.43. The molecule has 1 aliphatic carbocycles. The number of hydroxylamine groups is 1. The molecule has 2 heterocycles. The molecule has 182 valence electrons. The number of nitrogens with one attached hydrogen (secondary N) is 4. The van der Waals surface area contributed by atoms with E-state index >= 15 is 0 Å². The van der Waals surface area contributed by atoms with E-state index in [1.165, 1.54) is 5.48 Å². The van der Waals surface area contributed by atoms with Crippen LogP contribution < -0.4 is 21.4 Å². The van der Waals surface area contributed by atoms with Crippen LogP contribution in [0.4, 0.5) is 4.39 Å². The minimum atomic E-state index is -1.30. The van der Waals surface area contributed by atoms with E-state index in [9.17, 15) is 23.6 Å². The van der Waals surface area contributed by atoms with E-state index in [1.807, 2.05) is 12.2 Å². The summed E-state index contributed by atoms with van der Waals surface area (Å²) in [4.78, 5) is 49.5. The van der Waals surface area contributed by atoms with Gasteiger partial charge in [0, 0.05) is 24.9 Å². The standard InChI is InChI=1S/C21H32BFN4O6/c22-18-15(19(29)27-32)3-1-10-33-14-6-4-13(5-7-14)11-16(26-21(18)31)20(30)25-12-17(28)24-9-2-8-23/h4,6,13-16,18,32H,1-3,5,7-12H2,(H,24,28)(H,25,30)(H,26,31)(H,27,29)/t13?,14?,15-,16-,18+/m0/s1. The second-order valence-electron chi connectivity index (χ2n) is 8.29. The third-order valence-electron chi connectivity index (χ3n) is 5.82. The Labute approximate surface area is 193 Å². The van der Waals surface area contributed by atoms with Gasteiger partial charge in [0.1, 0.15) is 6.04 Å². The van der Waals surface area contributed by atoms with Crippen LogP contribution in [0, 0.1) is 11.8 Å². The number of allylic oxidation sites excluding steroid dienone is 1. The van der Waals surface area contributed by atoms with Gasteiger partial charge in [0.25, 0.3) is 0 Å². The molecule has 33 heavy (non-hydrogen) atoms. The molecule has 0 aromatic heterocycles. The summed E-state index contributed by atoms with van der Waals surface area (Å²) in [5, 5.41) is 16.6. The first-order valence-corrected chi connectivity index (χ1v) is 11.3. The molecule has 1 saturated heterocycles. The average molecular weight is 466 g/mol. The highest BCUT2D eigenvalue weighted by molar-refractivity contribution is 6.25. The number of carbonyl (C=O) groups excluding carboxylic acids is 4. The summed E-state index contributed by atoms with van der Waals surface area (Å²) in [5.74, 6) is -4.87. The lowest BCUT2D eigenvalue weighted by molar-refractivity contribution is -0.137. The van der Waals surface area contributed by atoms with Crippen molar-refractivity contribution in [1.82, 2.24) is 21.4 Å². The van der Waals surface area contributed by atoms with Crippen molar-refractivity contribution in [3.05, 3.63) is 12.2 Å². The van der Waals surface area contributed by atoms with Gasteiger partial charge in [0.05, 0.1) is 27.2 Å². The fourth-order valence-corrected chi connectivity index (χ4v) is 3.91. The van der Waals surface area contributed by atoms with Crippen LogP contribution in [0.3, 0.4) is 0 Å². The first-order chi connectivity index (χ1) is 15.8. The average Bonchev–Trinajstić information content (AvgIpc) is 2.82. The Bertz CT molecular complexity index is 725. The maximum Gasteiger partial charge on any atom is 0.246 e. The van der Waals surface area contributed by atoms with Crippen LogP contribution in [-0.2, 0) is 23.9 Å². The van der Waals surface area contributed by atoms with Gasteiger partial charge < -0.3 is 20.7 Å². The fraction of sp³-hybridized carbons (Fsp3) is 0.714. The summed E-state index contributed by atoms with van der Waals surface area (Å²) >= 11 is 0. The van der Waals surface area contributed by atoms with Crippen LogP contribution in [0.15, 0.2) is 12.2 Å². The molecule has 3 rings (SSSR count). The topological polar surface area (TPSA) is 146 Å². The number of hydrogen-bond donors (Lipinski definition) is 5. The Morgan fingerprint density at radius 2 is 1.97 bits per heavy atom. The molecule has 2 radical (unpaired) electrons. The molecule has 0 saturated carbocycles. The molecule has 0 spiro atoms. The molecule has 2 aliphatic heterocycles. The molecule has 4 amide bonds. The van der Waals surface area contributed by atoms with Gasteiger partial charge in [-0.25, -0.2) is 5.48 Å². The minimum absolute atomic E-state index is 0.00465. The fourth-order valence-electron chi connectivity index (χ4n) is 3.91. The number of fused-ring (bicyclic) bond motifs is 10. The highest BCUT2D eigenvalue weighted by atomic mass is 19.1. The number of carbonyl (C=O) groups is 4. The molecule has 10 nitrogen and oxygen atoms in total. The Morgan fingerprint density at radius 3 is 2.64 bits per heavy atom. The number of ether oxygens (including phenoxy) is 1. The van der Waals surface area contributed by atoms with E-state index in [0.29, 0.717) is 13.0 Å². The van der Waals surface area contributed by atoms with E-state index in [-0.39, 0.29) is 44.4 Å². The summed E-state index contributed by atoms with van der Waals surface area (Å²) < 4.78 is 18.0. The normalized spacial score (nSPS) is 28.3. The molecule has 12 heteroatoms. The smallest absolute Gasteiger partial charge is 0.246 e. The summed E-state index contributed by atoms with van der Waals surface area (Å²) in [6, 6.07) is -0.991. The first kappa shape index (κ1) is 26.8. The molecule has 0 aromatic carbocycles. The molecule has 2 bridgehead atoms. The lowest BCUT2D eigenvalue weighted by Gasteiger charge is -2.29. The molecular weight excluding hydrogens is 434 g/mol. The zero-order chi connectivity index (χ0) is 24.2. The van der Waals surface area contributed by atoms with Crippen molar-refractivity contribution in [2.75, 3.05) is 26.4 Å². The highest BCUT2D eigenvalue weighted by Crippen LogP contribution is 2.27. The molecule has 0 aromatic rings. The predicted molar refractivity (Wildman–Crippen MR) is 117 cm³/mol. The van der Waals surface area contributed by atoms with Crippen molar-refractivity contribution in [1.29, 1.82) is 0 Å². The Kier molecular flexibility index (Phi) is 11.3. The lowest BCUT2D eigenvalue weighted by atomic mass is 9.73. The van der Waals surface area contributed by atoms with Gasteiger partial charge in [-0.05, 0) is 44.4 Å². The number of rotatable bonds is 7. The second-order valence-corrected chi connectivity index (χ2v) is 8.29. The molecular formula is C21H32BFN4O6. The van der Waals surface area contributed by atoms with Crippen LogP contribution in [-0.4, -0.2) is 75.2 Å². The third-order valence-corrected chi connectivity index (χ3v) is 5.82. The first-order valence-electron chi connectivity index (χ1n) is 11.3. The largest absolute Gasteiger partial charge is 0.374 e. The van der Waals surface area contributed by atoms with Crippen molar-refractivity contribution in [3.63, 3.8) is 0 Å². The van der Waals surface area contributed by atoms with Gasteiger partial charge in [0.2, 0.25) is 23.6 Å². The maximum atomic E-state index is 12.8. The lowest BCUT2D eigenvalue weighted by Crippen LogP contribution is -2.51. The van der Waals surface area contributed by atoms with Crippen molar-refractivity contribution in [2.45, 2.75) is 56.5 Å². The Balaban J connectivity index is 2.11. The molecule has 1 fully saturated rings. The number of hydrogen-bond acceptors (Lipinski definition) is 6. The van der Waals surface area contributed by atoms with E-state index in [2.05, 4.69) is 16.0 Å². The van der Waals surface area contributed by atoms with Crippen molar-refractivity contribution in [2.24, 2.45) is 11.8 Å². The van der Waals surface area contributed by atoms with Gasteiger partial charge >= 0.3 is 0 Å². The van der Waals surface area contributed by atoms with Gasteiger partial charge in [0.15, 0.2) is 0 Å². The summed E-state index contributed by atoms with van der Waals surface area (Å²) in [6.45, 7) is -0.348. The minimum Gasteiger partial charge on any atom is -0.374 e. The molecule has 3 aliphatic rings. The van der Waals surface area contributed by atoms with Gasteiger partial charge in [-0.3, -0.25) is 28.8 Å². The number of alkyl halides is 1. The van der Waals surface area contributed by atoms with Gasteiger partial charge in [-0.1, -0.05) is 12.2 Å². The SMILES string of the molecule is [B][C@H]1C(=O)N[C@H](C(=O)NCC(=O)NCCCF)CC2C=CC(CC2)OCCC[C@@H]1C(=O)NO. The molecule has 5 N–H and O–H groups in total. The van der Waals surface area contributed by atoms with Gasteiger partial charge in [-0.15, -0.1) is 0 Å². The number of halogens is 1. The Hall–Kier alpha value is -2.47. The second kappa shape index (κ2) is 13.9. The predicted octanol–water partition coefficient (Wildman–Crippen LogP) is -0.323. The van der Waals surface area contributed by atoms with Crippen LogP contribution in [0.2, 0.25) is 5.82 Å². The van der Waals surface area contributed by atoms with E-state index in [4.69, 9.17) is 17.8 Å². The van der Waals surface area contributed by atoms with Crippen LogP contribution in [0.5, 0.6) is 0 Å². The quantitative estimate of drug-likeness (QED) is 0.114. The van der Waals surface area contributed by atoms with Crippen LogP contribution in [0.25, 0.3) is 0 Å². The van der Waals surface area contributed by atoms with Gasteiger partial charge in [-0.2, -0.15) is 0 Å².